The predicted octanol–water partition coefficient (Wildman–Crippen LogP) is 4.51. The lowest BCUT2D eigenvalue weighted by Gasteiger charge is -2.35. The molecule has 0 aromatic heterocycles. The fraction of sp³-hybridized carbons (Fsp3) is 0.423. The number of hydrogen-bond donors (Lipinski definition) is 1. The second-order valence-electron chi connectivity index (χ2n) is 8.94. The third-order valence-electron chi connectivity index (χ3n) is 6.26. The van der Waals surface area contributed by atoms with E-state index in [1.807, 2.05) is 0 Å². The Bertz CT molecular complexity index is 1080. The topological polar surface area (TPSA) is 77.5 Å². The number of Topliss-reactive ketones (excluding diaryl/α,β-unsaturated/α-hetero) is 1. The third kappa shape index (κ3) is 4.37. The summed E-state index contributed by atoms with van der Waals surface area (Å²) in [5, 5.41) is 10.6. The minimum absolute atomic E-state index is 0.136. The number of rotatable bonds is 6. The molecule has 0 amide bonds. The van der Waals surface area contributed by atoms with Crippen LogP contribution in [0.2, 0.25) is 0 Å². The van der Waals surface area contributed by atoms with Crippen molar-refractivity contribution >= 4 is 11.9 Å². The van der Waals surface area contributed by atoms with Crippen molar-refractivity contribution in [2.75, 3.05) is 34.4 Å². The van der Waals surface area contributed by atoms with Gasteiger partial charge in [0.15, 0.2) is 17.3 Å². The molecule has 0 aliphatic carbocycles. The van der Waals surface area contributed by atoms with Gasteiger partial charge in [0, 0.05) is 25.2 Å². The van der Waals surface area contributed by atoms with Crippen LogP contribution in [0.3, 0.4) is 0 Å². The first-order valence-electron chi connectivity index (χ1n) is 11.2. The summed E-state index contributed by atoms with van der Waals surface area (Å²) in [6.45, 7) is 6.93. The number of ketones is 1. The molecule has 2 aromatic rings. The summed E-state index contributed by atoms with van der Waals surface area (Å²) in [6.07, 6.45) is 2.83. The molecule has 0 spiro atoms. The Kier molecular flexibility index (Phi) is 6.51. The number of likely N-dealkylation sites (tertiary alicyclic amines) is 1. The van der Waals surface area contributed by atoms with E-state index in [1.54, 1.807) is 37.5 Å². The SMILES string of the molecule is COc1ccc(C=C2Oc3c(ccc(O)c3CN3C[C@H](C)C[C@H](C)C3)C2=O)c(OC)c1OC. The van der Waals surface area contributed by atoms with Crippen LogP contribution in [0.15, 0.2) is 30.0 Å². The smallest absolute Gasteiger partial charge is 0.231 e. The molecule has 7 nitrogen and oxygen atoms in total. The standard InChI is InChI=1S/C26H31NO6/c1-15-10-16(2)13-27(12-15)14-19-20(28)8-7-18-23(29)22(33-25(18)19)11-17-6-9-21(30-3)26(32-5)24(17)31-4/h6-9,11,15-16,28H,10,12-14H2,1-5H3/t15-,16+. The molecule has 2 aliphatic rings. The fourth-order valence-electron chi connectivity index (χ4n) is 4.97. The first-order valence-corrected chi connectivity index (χ1v) is 11.2. The van der Waals surface area contributed by atoms with Crippen LogP contribution in [0, 0.1) is 11.8 Å². The molecule has 1 fully saturated rings. The van der Waals surface area contributed by atoms with Crippen molar-refractivity contribution in [3.8, 4) is 28.7 Å². The van der Waals surface area contributed by atoms with Crippen LogP contribution in [0.25, 0.3) is 6.08 Å². The average Bonchev–Trinajstić information content (AvgIpc) is 3.10. The highest BCUT2D eigenvalue weighted by molar-refractivity contribution is 6.15. The molecule has 33 heavy (non-hydrogen) atoms. The molecule has 176 valence electrons. The van der Waals surface area contributed by atoms with Gasteiger partial charge in [-0.2, -0.15) is 0 Å². The zero-order valence-electron chi connectivity index (χ0n) is 19.8. The molecular weight excluding hydrogens is 422 g/mol. The van der Waals surface area contributed by atoms with Crippen LogP contribution in [0.5, 0.6) is 28.7 Å². The quantitative estimate of drug-likeness (QED) is 0.645. The van der Waals surface area contributed by atoms with Crippen molar-refractivity contribution in [3.05, 3.63) is 46.7 Å². The zero-order chi connectivity index (χ0) is 23.7. The second-order valence-corrected chi connectivity index (χ2v) is 8.94. The van der Waals surface area contributed by atoms with E-state index in [4.69, 9.17) is 18.9 Å². The van der Waals surface area contributed by atoms with Crippen molar-refractivity contribution in [2.24, 2.45) is 11.8 Å². The maximum Gasteiger partial charge on any atom is 0.231 e. The van der Waals surface area contributed by atoms with Crippen molar-refractivity contribution in [1.82, 2.24) is 4.90 Å². The Morgan fingerprint density at radius 1 is 1.03 bits per heavy atom. The number of piperidine rings is 1. The number of phenols is 1. The minimum Gasteiger partial charge on any atom is -0.507 e. The first kappa shape index (κ1) is 23.0. The van der Waals surface area contributed by atoms with Gasteiger partial charge in [0.2, 0.25) is 11.5 Å². The van der Waals surface area contributed by atoms with E-state index < -0.39 is 0 Å². The van der Waals surface area contributed by atoms with Gasteiger partial charge in [-0.3, -0.25) is 9.69 Å². The molecule has 2 heterocycles. The highest BCUT2D eigenvalue weighted by Gasteiger charge is 2.33. The van der Waals surface area contributed by atoms with E-state index in [0.717, 1.165) is 13.1 Å². The Labute approximate surface area is 194 Å². The Balaban J connectivity index is 1.68. The molecule has 7 heteroatoms. The summed E-state index contributed by atoms with van der Waals surface area (Å²) in [6, 6.07) is 6.72. The Hall–Kier alpha value is -3.19. The monoisotopic (exact) mass is 453 g/mol. The molecular formula is C26H31NO6. The summed E-state index contributed by atoms with van der Waals surface area (Å²) in [7, 11) is 4.61. The Morgan fingerprint density at radius 3 is 2.36 bits per heavy atom. The van der Waals surface area contributed by atoms with Gasteiger partial charge in [-0.05, 0) is 48.6 Å². The number of nitrogens with zero attached hydrogens (tertiary/aromatic N) is 1. The summed E-state index contributed by atoms with van der Waals surface area (Å²) in [5.41, 5.74) is 1.71. The highest BCUT2D eigenvalue weighted by Crippen LogP contribution is 2.44. The summed E-state index contributed by atoms with van der Waals surface area (Å²) in [5.74, 6) is 3.07. The number of phenolic OH excluding ortho intramolecular Hbond substituents is 1. The number of carbonyl (C=O) groups excluding carboxylic acids is 1. The molecule has 2 aromatic carbocycles. The van der Waals surface area contributed by atoms with Gasteiger partial charge < -0.3 is 24.1 Å². The fourth-order valence-corrected chi connectivity index (χ4v) is 4.97. The van der Waals surface area contributed by atoms with Crippen molar-refractivity contribution in [2.45, 2.75) is 26.8 Å². The van der Waals surface area contributed by atoms with Crippen molar-refractivity contribution in [1.29, 1.82) is 0 Å². The lowest BCUT2D eigenvalue weighted by atomic mass is 9.91. The number of fused-ring (bicyclic) bond motifs is 1. The maximum absolute atomic E-state index is 13.2. The van der Waals surface area contributed by atoms with E-state index >= 15 is 0 Å². The van der Waals surface area contributed by atoms with E-state index in [2.05, 4.69) is 18.7 Å². The average molecular weight is 454 g/mol. The van der Waals surface area contributed by atoms with Gasteiger partial charge in [-0.25, -0.2) is 0 Å². The number of carbonyl (C=O) groups is 1. The molecule has 1 saturated heterocycles. The molecule has 4 rings (SSSR count). The van der Waals surface area contributed by atoms with Crippen LogP contribution < -0.4 is 18.9 Å². The molecule has 0 unspecified atom stereocenters. The molecule has 2 atom stereocenters. The molecule has 0 radical (unpaired) electrons. The Morgan fingerprint density at radius 2 is 1.73 bits per heavy atom. The van der Waals surface area contributed by atoms with Crippen LogP contribution in [0.1, 0.15) is 41.8 Å². The zero-order valence-corrected chi connectivity index (χ0v) is 19.8. The number of ether oxygens (including phenoxy) is 4. The molecule has 1 N–H and O–H groups in total. The van der Waals surface area contributed by atoms with Crippen LogP contribution >= 0.6 is 0 Å². The second kappa shape index (κ2) is 9.35. The van der Waals surface area contributed by atoms with Crippen molar-refractivity contribution < 1.29 is 28.8 Å². The summed E-state index contributed by atoms with van der Waals surface area (Å²) < 4.78 is 22.4. The van der Waals surface area contributed by atoms with E-state index in [1.165, 1.54) is 20.6 Å². The van der Waals surface area contributed by atoms with E-state index in [9.17, 15) is 9.90 Å². The van der Waals surface area contributed by atoms with Gasteiger partial charge in [0.05, 0.1) is 32.5 Å². The molecule has 2 aliphatic heterocycles. The van der Waals surface area contributed by atoms with Gasteiger partial charge in [-0.1, -0.05) is 13.8 Å². The van der Waals surface area contributed by atoms with E-state index in [-0.39, 0.29) is 17.3 Å². The minimum atomic E-state index is -0.233. The highest BCUT2D eigenvalue weighted by atomic mass is 16.5. The van der Waals surface area contributed by atoms with Crippen LogP contribution in [0.4, 0.5) is 0 Å². The van der Waals surface area contributed by atoms with E-state index in [0.29, 0.717) is 58.1 Å². The number of benzene rings is 2. The number of allylic oxidation sites excluding steroid dienone is 1. The predicted molar refractivity (Wildman–Crippen MR) is 125 cm³/mol. The normalized spacial score (nSPS) is 21.6. The lowest BCUT2D eigenvalue weighted by Crippen LogP contribution is -2.38. The third-order valence-corrected chi connectivity index (χ3v) is 6.26. The molecule has 0 saturated carbocycles. The van der Waals surface area contributed by atoms with Gasteiger partial charge in [-0.15, -0.1) is 0 Å². The lowest BCUT2D eigenvalue weighted by molar-refractivity contribution is 0.101. The summed E-state index contributed by atoms with van der Waals surface area (Å²) >= 11 is 0. The largest absolute Gasteiger partial charge is 0.507 e. The van der Waals surface area contributed by atoms with Crippen LogP contribution in [-0.4, -0.2) is 50.2 Å². The maximum atomic E-state index is 13.2. The summed E-state index contributed by atoms with van der Waals surface area (Å²) in [4.78, 5) is 15.5. The van der Waals surface area contributed by atoms with Gasteiger partial charge in [0.1, 0.15) is 11.5 Å². The van der Waals surface area contributed by atoms with Crippen molar-refractivity contribution in [3.63, 3.8) is 0 Å². The number of hydrogen-bond acceptors (Lipinski definition) is 7. The number of aromatic hydroxyl groups is 1. The first-order chi connectivity index (χ1) is 15.9. The van der Waals surface area contributed by atoms with Gasteiger partial charge in [0.25, 0.3) is 0 Å². The number of methoxy groups -OCH3 is 3. The molecule has 0 bridgehead atoms. The van der Waals surface area contributed by atoms with Gasteiger partial charge >= 0.3 is 0 Å². The van der Waals surface area contributed by atoms with Crippen LogP contribution in [-0.2, 0) is 6.54 Å².